The minimum absolute atomic E-state index is 0.134. The quantitative estimate of drug-likeness (QED) is 0.835. The summed E-state index contributed by atoms with van der Waals surface area (Å²) in [5.74, 6) is 0.847. The first-order chi connectivity index (χ1) is 10.8. The summed E-state index contributed by atoms with van der Waals surface area (Å²) >= 11 is 1.72. The van der Waals surface area contributed by atoms with Crippen LogP contribution in [0.4, 0.5) is 0 Å². The predicted molar refractivity (Wildman–Crippen MR) is 95.6 cm³/mol. The lowest BCUT2D eigenvalue weighted by atomic mass is 9.96. The van der Waals surface area contributed by atoms with Crippen LogP contribution in [0.2, 0.25) is 0 Å². The Morgan fingerprint density at radius 3 is 2.65 bits per heavy atom. The molecule has 1 aromatic rings. The zero-order chi connectivity index (χ0) is 16.9. The maximum Gasteiger partial charge on any atom is 0.234 e. The maximum atomic E-state index is 12.0. The molecule has 1 aliphatic rings. The van der Waals surface area contributed by atoms with Crippen LogP contribution < -0.4 is 10.6 Å². The van der Waals surface area contributed by atoms with Crippen LogP contribution in [-0.2, 0) is 11.3 Å². The fourth-order valence-corrected chi connectivity index (χ4v) is 3.64. The lowest BCUT2D eigenvalue weighted by molar-refractivity contribution is -0.124. The molecule has 23 heavy (non-hydrogen) atoms. The van der Waals surface area contributed by atoms with E-state index in [-0.39, 0.29) is 11.4 Å². The van der Waals surface area contributed by atoms with Crippen molar-refractivity contribution in [3.8, 4) is 0 Å². The van der Waals surface area contributed by atoms with Crippen molar-refractivity contribution in [2.75, 3.05) is 26.2 Å². The zero-order valence-electron chi connectivity index (χ0n) is 14.8. The van der Waals surface area contributed by atoms with Gasteiger partial charge in [0.05, 0.1) is 17.7 Å². The second-order valence-electron chi connectivity index (χ2n) is 7.51. The number of piperidine rings is 1. The number of aromatic nitrogens is 1. The molecule has 2 N–H and O–H groups in total. The van der Waals surface area contributed by atoms with E-state index in [1.165, 1.54) is 4.88 Å². The molecule has 1 fully saturated rings. The molecule has 0 aliphatic carbocycles. The van der Waals surface area contributed by atoms with Gasteiger partial charge in [0.2, 0.25) is 5.91 Å². The van der Waals surface area contributed by atoms with E-state index in [1.807, 2.05) is 26.3 Å². The van der Waals surface area contributed by atoms with E-state index >= 15 is 0 Å². The van der Waals surface area contributed by atoms with Crippen LogP contribution in [0.25, 0.3) is 0 Å². The molecule has 6 heteroatoms. The molecular formula is C17H30N4OS. The molecule has 5 nitrogen and oxygen atoms in total. The Labute approximate surface area is 143 Å². The molecule has 0 bridgehead atoms. The van der Waals surface area contributed by atoms with Crippen LogP contribution in [-0.4, -0.2) is 47.5 Å². The van der Waals surface area contributed by atoms with E-state index in [0.29, 0.717) is 12.5 Å². The smallest absolute Gasteiger partial charge is 0.234 e. The molecule has 0 unspecified atom stereocenters. The van der Waals surface area contributed by atoms with Gasteiger partial charge in [-0.05, 0) is 66.1 Å². The lowest BCUT2D eigenvalue weighted by Gasteiger charge is -2.32. The highest BCUT2D eigenvalue weighted by Gasteiger charge is 2.22. The van der Waals surface area contributed by atoms with Gasteiger partial charge in [0.15, 0.2) is 0 Å². The van der Waals surface area contributed by atoms with E-state index in [9.17, 15) is 4.79 Å². The molecule has 0 atom stereocenters. The number of thiazole rings is 1. The Bertz CT molecular complexity index is 501. The molecule has 0 aromatic carbocycles. The van der Waals surface area contributed by atoms with Crippen molar-refractivity contribution in [3.63, 3.8) is 0 Å². The number of hydrogen-bond donors (Lipinski definition) is 2. The average molecular weight is 339 g/mol. The molecular weight excluding hydrogens is 308 g/mol. The molecule has 130 valence electrons. The predicted octanol–water partition coefficient (Wildman–Crippen LogP) is 2.17. The topological polar surface area (TPSA) is 57.3 Å². The van der Waals surface area contributed by atoms with Gasteiger partial charge in [-0.15, -0.1) is 11.3 Å². The standard InChI is InChI=1S/C17H30N4OS/c1-13-15(23-12-19-13)10-18-9-14-5-7-21(8-6-14)11-16(22)20-17(2,3)4/h12,14,18H,5-11H2,1-4H3,(H,20,22). The van der Waals surface area contributed by atoms with Crippen LogP contribution >= 0.6 is 11.3 Å². The van der Waals surface area contributed by atoms with Gasteiger partial charge in [0.1, 0.15) is 0 Å². The normalized spacial score (nSPS) is 17.4. The van der Waals surface area contributed by atoms with Crippen molar-refractivity contribution < 1.29 is 4.79 Å². The zero-order valence-corrected chi connectivity index (χ0v) is 15.6. The van der Waals surface area contributed by atoms with Crippen molar-refractivity contribution in [3.05, 3.63) is 16.1 Å². The van der Waals surface area contributed by atoms with E-state index in [2.05, 4.69) is 27.4 Å². The molecule has 0 radical (unpaired) electrons. The summed E-state index contributed by atoms with van der Waals surface area (Å²) in [4.78, 5) is 19.9. The van der Waals surface area contributed by atoms with Crippen LogP contribution in [0.1, 0.15) is 44.2 Å². The second kappa shape index (κ2) is 8.22. The summed E-state index contributed by atoms with van der Waals surface area (Å²) in [5, 5.41) is 6.59. The summed E-state index contributed by atoms with van der Waals surface area (Å²) in [6, 6.07) is 0. The SMILES string of the molecule is Cc1ncsc1CNCC1CCN(CC(=O)NC(C)(C)C)CC1. The van der Waals surface area contributed by atoms with Gasteiger partial charge in [-0.25, -0.2) is 4.98 Å². The van der Waals surface area contributed by atoms with Crippen molar-refractivity contribution in [1.29, 1.82) is 0 Å². The van der Waals surface area contributed by atoms with Crippen molar-refractivity contribution in [2.24, 2.45) is 5.92 Å². The Balaban J connectivity index is 1.62. The summed E-state index contributed by atoms with van der Waals surface area (Å²) in [6.45, 7) is 12.7. The minimum Gasteiger partial charge on any atom is -0.350 e. The highest BCUT2D eigenvalue weighted by molar-refractivity contribution is 7.09. The number of nitrogens with one attached hydrogen (secondary N) is 2. The molecule has 1 saturated heterocycles. The van der Waals surface area contributed by atoms with Crippen LogP contribution in [0, 0.1) is 12.8 Å². The van der Waals surface area contributed by atoms with Gasteiger partial charge >= 0.3 is 0 Å². The molecule has 2 rings (SSSR count). The number of likely N-dealkylation sites (tertiary alicyclic amines) is 1. The minimum atomic E-state index is -0.145. The van der Waals surface area contributed by atoms with E-state index in [4.69, 9.17) is 0 Å². The largest absolute Gasteiger partial charge is 0.350 e. The molecule has 0 spiro atoms. The third kappa shape index (κ3) is 6.57. The summed E-state index contributed by atoms with van der Waals surface area (Å²) in [7, 11) is 0. The number of carbonyl (C=O) groups is 1. The summed E-state index contributed by atoms with van der Waals surface area (Å²) < 4.78 is 0. The Kier molecular flexibility index (Phi) is 6.56. The third-order valence-corrected chi connectivity index (χ3v) is 5.09. The Hall–Kier alpha value is -0.980. The van der Waals surface area contributed by atoms with Gasteiger partial charge in [-0.1, -0.05) is 0 Å². The highest BCUT2D eigenvalue weighted by Crippen LogP contribution is 2.17. The van der Waals surface area contributed by atoms with E-state index in [0.717, 1.165) is 44.7 Å². The summed E-state index contributed by atoms with van der Waals surface area (Å²) in [5.41, 5.74) is 2.91. The van der Waals surface area contributed by atoms with Gasteiger partial charge in [-0.2, -0.15) is 0 Å². The monoisotopic (exact) mass is 338 g/mol. The van der Waals surface area contributed by atoms with Crippen molar-refractivity contribution in [1.82, 2.24) is 20.5 Å². The highest BCUT2D eigenvalue weighted by atomic mass is 32.1. The van der Waals surface area contributed by atoms with Gasteiger partial charge in [0.25, 0.3) is 0 Å². The van der Waals surface area contributed by atoms with Crippen molar-refractivity contribution >= 4 is 17.2 Å². The average Bonchev–Trinajstić information content (AvgIpc) is 2.84. The number of amides is 1. The molecule has 1 amide bonds. The number of aryl methyl sites for hydroxylation is 1. The first kappa shape index (κ1) is 18.4. The third-order valence-electron chi connectivity index (χ3n) is 4.15. The lowest BCUT2D eigenvalue weighted by Crippen LogP contribution is -2.48. The number of hydrogen-bond acceptors (Lipinski definition) is 5. The summed E-state index contributed by atoms with van der Waals surface area (Å²) in [6.07, 6.45) is 2.33. The van der Waals surface area contributed by atoms with Crippen LogP contribution in [0.5, 0.6) is 0 Å². The fourth-order valence-electron chi connectivity index (χ4n) is 2.90. The first-order valence-electron chi connectivity index (χ1n) is 8.46. The van der Waals surface area contributed by atoms with E-state index < -0.39 is 0 Å². The van der Waals surface area contributed by atoms with Gasteiger partial charge in [0, 0.05) is 17.0 Å². The van der Waals surface area contributed by atoms with Crippen molar-refractivity contribution in [2.45, 2.75) is 52.6 Å². The Morgan fingerprint density at radius 2 is 2.09 bits per heavy atom. The maximum absolute atomic E-state index is 12.0. The molecule has 2 heterocycles. The number of carbonyl (C=O) groups excluding carboxylic acids is 1. The molecule has 1 aliphatic heterocycles. The van der Waals surface area contributed by atoms with Gasteiger partial charge in [-0.3, -0.25) is 9.69 Å². The van der Waals surface area contributed by atoms with Gasteiger partial charge < -0.3 is 10.6 Å². The molecule has 1 aromatic heterocycles. The number of nitrogens with zero attached hydrogens (tertiary/aromatic N) is 2. The first-order valence-corrected chi connectivity index (χ1v) is 9.34. The van der Waals surface area contributed by atoms with E-state index in [1.54, 1.807) is 11.3 Å². The Morgan fingerprint density at radius 1 is 1.39 bits per heavy atom. The number of rotatable bonds is 6. The van der Waals surface area contributed by atoms with Crippen LogP contribution in [0.15, 0.2) is 5.51 Å². The van der Waals surface area contributed by atoms with Crippen LogP contribution in [0.3, 0.4) is 0 Å². The second-order valence-corrected chi connectivity index (χ2v) is 8.45. The fraction of sp³-hybridized carbons (Fsp3) is 0.765. The molecule has 0 saturated carbocycles.